The lowest BCUT2D eigenvalue weighted by atomic mass is 10.1. The van der Waals surface area contributed by atoms with Crippen molar-refractivity contribution in [1.82, 2.24) is 24.4 Å². The van der Waals surface area contributed by atoms with Crippen LogP contribution in [-0.4, -0.2) is 81.1 Å². The number of halogens is 2. The van der Waals surface area contributed by atoms with E-state index in [4.69, 9.17) is 9.57 Å². The van der Waals surface area contributed by atoms with Crippen molar-refractivity contribution in [1.29, 1.82) is 0 Å². The number of ether oxygens (including phenoxy) is 1. The van der Waals surface area contributed by atoms with Gasteiger partial charge in [0.05, 0.1) is 43.2 Å². The second-order valence-corrected chi connectivity index (χ2v) is 10.6. The lowest BCUT2D eigenvalue weighted by molar-refractivity contribution is -0.137. The van der Waals surface area contributed by atoms with Crippen LogP contribution in [0, 0.1) is 0 Å². The molecule has 2 atom stereocenters. The number of aromatic nitrogens is 4. The molecule has 0 spiro atoms. The van der Waals surface area contributed by atoms with Crippen LogP contribution in [0.2, 0.25) is 0 Å². The Hall–Kier alpha value is -4.27. The molecular weight excluding hydrogens is 625 g/mol. The first-order chi connectivity index (χ1) is 20.8. The molecule has 0 bridgehead atoms. The van der Waals surface area contributed by atoms with Crippen molar-refractivity contribution in [2.24, 2.45) is 0 Å². The topological polar surface area (TPSA) is 132 Å². The minimum absolute atomic E-state index is 0.111. The molecule has 1 saturated heterocycles. The van der Waals surface area contributed by atoms with Crippen LogP contribution in [0.3, 0.4) is 0 Å². The third kappa shape index (κ3) is 6.55. The van der Waals surface area contributed by atoms with Crippen molar-refractivity contribution in [3.63, 3.8) is 0 Å². The number of hydrogen-bond donors (Lipinski definition) is 1. The molecule has 14 heteroatoms. The molecule has 1 aliphatic heterocycles. The largest absolute Gasteiger partial charge is 0.382 e. The number of nitrogens with zero attached hydrogens (tertiary/aromatic N) is 6. The number of hydrogen-bond acceptors (Lipinski definition) is 9. The van der Waals surface area contributed by atoms with Crippen LogP contribution >= 0.6 is 15.9 Å². The zero-order chi connectivity index (χ0) is 30.5. The quantitative estimate of drug-likeness (QED) is 0.110. The third-order valence-electron chi connectivity index (χ3n) is 6.91. The SMILES string of the molecule is COCCON(c1cncnc1)c1c(C(C)=O)c2ccccc2n1CC(=O)N1C[C@H](F)C[C@H]1C(=O)Nc1cccc(Br)n1. The Kier molecular flexibility index (Phi) is 9.38. The molecule has 4 aromatic rings. The number of amides is 2. The number of carbonyl (C=O) groups excluding carboxylic acids is 3. The minimum Gasteiger partial charge on any atom is -0.382 e. The Morgan fingerprint density at radius 2 is 1.88 bits per heavy atom. The van der Waals surface area contributed by atoms with Gasteiger partial charge in [-0.05, 0) is 41.1 Å². The lowest BCUT2D eigenvalue weighted by Crippen LogP contribution is -2.44. The van der Waals surface area contributed by atoms with Gasteiger partial charge in [0.2, 0.25) is 11.8 Å². The molecule has 3 aromatic heterocycles. The third-order valence-corrected chi connectivity index (χ3v) is 7.35. The highest BCUT2D eigenvalue weighted by Gasteiger charge is 2.40. The van der Waals surface area contributed by atoms with Gasteiger partial charge in [0.15, 0.2) is 11.6 Å². The molecular formula is C29H29BrFN7O5. The van der Waals surface area contributed by atoms with E-state index in [0.717, 1.165) is 0 Å². The van der Waals surface area contributed by atoms with E-state index in [1.807, 2.05) is 0 Å². The molecule has 0 unspecified atom stereocenters. The summed E-state index contributed by atoms with van der Waals surface area (Å²) in [6.45, 7) is 1.22. The van der Waals surface area contributed by atoms with Gasteiger partial charge in [-0.1, -0.05) is 24.3 Å². The fourth-order valence-corrected chi connectivity index (χ4v) is 5.44. The maximum atomic E-state index is 14.7. The van der Waals surface area contributed by atoms with E-state index in [1.54, 1.807) is 47.0 Å². The highest BCUT2D eigenvalue weighted by molar-refractivity contribution is 9.10. The Morgan fingerprint density at radius 1 is 1.12 bits per heavy atom. The number of alkyl halides is 1. The molecule has 1 fully saturated rings. The van der Waals surface area contributed by atoms with E-state index < -0.39 is 24.0 Å². The van der Waals surface area contributed by atoms with Crippen LogP contribution in [0.1, 0.15) is 23.7 Å². The van der Waals surface area contributed by atoms with Crippen LogP contribution in [0.25, 0.3) is 10.9 Å². The van der Waals surface area contributed by atoms with Gasteiger partial charge >= 0.3 is 0 Å². The summed E-state index contributed by atoms with van der Waals surface area (Å²) >= 11 is 3.26. The molecule has 12 nitrogen and oxygen atoms in total. The van der Waals surface area contributed by atoms with E-state index in [9.17, 15) is 18.8 Å². The minimum atomic E-state index is -1.39. The maximum Gasteiger partial charge on any atom is 0.248 e. The molecule has 0 saturated carbocycles. The van der Waals surface area contributed by atoms with Gasteiger partial charge in [-0.15, -0.1) is 0 Å². The highest BCUT2D eigenvalue weighted by Crippen LogP contribution is 2.37. The molecule has 1 aromatic carbocycles. The first-order valence-corrected chi connectivity index (χ1v) is 14.2. The predicted octanol–water partition coefficient (Wildman–Crippen LogP) is 4.09. The first-order valence-electron chi connectivity index (χ1n) is 13.4. The summed E-state index contributed by atoms with van der Waals surface area (Å²) in [5.74, 6) is -0.790. The fourth-order valence-electron chi connectivity index (χ4n) is 5.10. The van der Waals surface area contributed by atoms with Crippen LogP contribution in [0.5, 0.6) is 0 Å². The van der Waals surface area contributed by atoms with Gasteiger partial charge in [-0.3, -0.25) is 19.2 Å². The van der Waals surface area contributed by atoms with Crippen molar-refractivity contribution in [2.75, 3.05) is 37.2 Å². The Labute approximate surface area is 254 Å². The van der Waals surface area contributed by atoms with Crippen molar-refractivity contribution in [3.05, 3.63) is 71.4 Å². The average Bonchev–Trinajstić information content (AvgIpc) is 3.54. The van der Waals surface area contributed by atoms with Crippen LogP contribution in [0.4, 0.5) is 21.7 Å². The van der Waals surface area contributed by atoms with Gasteiger partial charge in [-0.25, -0.2) is 24.4 Å². The number of benzene rings is 1. The lowest BCUT2D eigenvalue weighted by Gasteiger charge is -2.28. The van der Waals surface area contributed by atoms with Gasteiger partial charge < -0.3 is 19.5 Å². The molecule has 1 aliphatic rings. The van der Waals surface area contributed by atoms with Crippen molar-refractivity contribution in [3.8, 4) is 0 Å². The number of para-hydroxylation sites is 1. The number of likely N-dealkylation sites (tertiary alicyclic amines) is 1. The molecule has 2 amide bonds. The number of fused-ring (bicyclic) bond motifs is 1. The second-order valence-electron chi connectivity index (χ2n) is 9.80. The standard InChI is InChI=1S/C29H29BrFN7O5/c1-18(39)27-21-6-3-4-7-22(21)37(29(27)38(43-11-10-42-2)20-13-32-17-33-14-20)16-26(40)36-15-19(31)12-23(36)28(41)35-25-9-5-8-24(30)34-25/h3-9,13-14,17,19,23H,10-12,15-16H2,1-2H3,(H,34,35,41)/t19-,23+/m1/s1. The van der Waals surface area contributed by atoms with Gasteiger partial charge in [-0.2, -0.15) is 0 Å². The van der Waals surface area contributed by atoms with Crippen molar-refractivity contribution < 1.29 is 28.3 Å². The van der Waals surface area contributed by atoms with Crippen LogP contribution in [0.15, 0.2) is 65.8 Å². The maximum absolute atomic E-state index is 14.7. The van der Waals surface area contributed by atoms with Crippen LogP contribution in [-0.2, 0) is 25.7 Å². The number of rotatable bonds is 11. The number of methoxy groups -OCH3 is 1. The normalized spacial score (nSPS) is 16.4. The molecule has 224 valence electrons. The zero-order valence-corrected chi connectivity index (χ0v) is 25.0. The predicted molar refractivity (Wildman–Crippen MR) is 160 cm³/mol. The zero-order valence-electron chi connectivity index (χ0n) is 23.4. The highest BCUT2D eigenvalue weighted by atomic mass is 79.9. The van der Waals surface area contributed by atoms with E-state index in [1.165, 1.54) is 42.7 Å². The van der Waals surface area contributed by atoms with E-state index >= 15 is 0 Å². The summed E-state index contributed by atoms with van der Waals surface area (Å²) in [4.78, 5) is 59.9. The monoisotopic (exact) mass is 653 g/mol. The second kappa shape index (κ2) is 13.4. The van der Waals surface area contributed by atoms with Crippen molar-refractivity contribution in [2.45, 2.75) is 32.1 Å². The van der Waals surface area contributed by atoms with E-state index in [2.05, 4.69) is 36.2 Å². The Balaban J connectivity index is 1.54. The van der Waals surface area contributed by atoms with Gasteiger partial charge in [0.25, 0.3) is 0 Å². The Morgan fingerprint density at radius 3 is 2.60 bits per heavy atom. The summed E-state index contributed by atoms with van der Waals surface area (Å²) in [6, 6.07) is 11.1. The van der Waals surface area contributed by atoms with E-state index in [0.29, 0.717) is 26.8 Å². The van der Waals surface area contributed by atoms with Gasteiger partial charge in [0.1, 0.15) is 41.2 Å². The smallest absolute Gasteiger partial charge is 0.248 e. The van der Waals surface area contributed by atoms with Crippen molar-refractivity contribution >= 4 is 61.8 Å². The summed E-state index contributed by atoms with van der Waals surface area (Å²) in [5, 5.41) is 4.67. The fraction of sp³-hybridized carbons (Fsp3) is 0.310. The van der Waals surface area contributed by atoms with Gasteiger partial charge in [0, 0.05) is 18.9 Å². The summed E-state index contributed by atoms with van der Waals surface area (Å²) in [6.07, 6.45) is 2.84. The molecule has 1 N–H and O–H groups in total. The molecule has 4 heterocycles. The molecule has 43 heavy (non-hydrogen) atoms. The van der Waals surface area contributed by atoms with Crippen LogP contribution < -0.4 is 10.4 Å². The summed E-state index contributed by atoms with van der Waals surface area (Å²) in [5.41, 5.74) is 1.29. The number of ketones is 1. The van der Waals surface area contributed by atoms with E-state index in [-0.39, 0.29) is 50.1 Å². The Bertz CT molecular complexity index is 1640. The first kappa shape index (κ1) is 30.2. The summed E-state index contributed by atoms with van der Waals surface area (Å²) < 4.78 is 22.1. The molecule has 0 radical (unpaired) electrons. The molecule has 5 rings (SSSR count). The summed E-state index contributed by atoms with van der Waals surface area (Å²) in [7, 11) is 1.53. The number of pyridine rings is 1. The number of anilines is 3. The molecule has 0 aliphatic carbocycles. The number of nitrogens with one attached hydrogen (secondary N) is 1. The average molecular weight is 654 g/mol. The number of Topliss-reactive ketones (excluding diaryl/α,β-unsaturated/α-hetero) is 1. The number of carbonyl (C=O) groups is 3.